The molecule has 0 atom stereocenters. The van der Waals surface area contributed by atoms with E-state index in [9.17, 15) is 4.79 Å². The first kappa shape index (κ1) is 14.7. The summed E-state index contributed by atoms with van der Waals surface area (Å²) in [6.45, 7) is 12.4. The summed E-state index contributed by atoms with van der Waals surface area (Å²) in [5, 5.41) is 3.05. The van der Waals surface area contributed by atoms with Crippen molar-refractivity contribution in [2.24, 2.45) is 0 Å². The summed E-state index contributed by atoms with van der Waals surface area (Å²) < 4.78 is 0.928. The molecule has 3 nitrogen and oxygen atoms in total. The molecule has 3 heteroatoms. The molecule has 0 heterocycles. The van der Waals surface area contributed by atoms with Crippen LogP contribution in [0.5, 0.6) is 0 Å². The molecule has 1 aromatic carbocycles. The second-order valence-corrected chi connectivity index (χ2v) is 4.82. The minimum Gasteiger partial charge on any atom is -0.307 e. The average molecular weight is 249 g/mol. The van der Waals surface area contributed by atoms with Gasteiger partial charge in [-0.3, -0.25) is 4.79 Å². The van der Waals surface area contributed by atoms with Gasteiger partial charge in [0.15, 0.2) is 6.67 Å². The van der Waals surface area contributed by atoms with Crippen LogP contribution in [0.4, 0.5) is 0 Å². The maximum Gasteiger partial charge on any atom is 0.255 e. The fraction of sp³-hybridized carbons (Fsp3) is 0.533. The zero-order valence-electron chi connectivity index (χ0n) is 12.0. The smallest absolute Gasteiger partial charge is 0.255 e. The van der Waals surface area contributed by atoms with E-state index < -0.39 is 0 Å². The Balaban J connectivity index is 2.63. The molecule has 0 fully saturated rings. The zero-order chi connectivity index (χ0) is 13.6. The van der Waals surface area contributed by atoms with E-state index in [2.05, 4.69) is 26.1 Å². The van der Waals surface area contributed by atoms with E-state index in [1.54, 1.807) is 0 Å². The molecule has 1 rings (SSSR count). The molecule has 100 valence electrons. The standard InChI is InChI=1S/C15H24N2O/c1-5-17(6-2,7-3)12-16-15(18)14-10-8-13(4)9-11-14/h8-11H,5-7,12H2,1-4H3/p+1. The Labute approximate surface area is 110 Å². The number of nitrogens with one attached hydrogen (secondary N) is 1. The highest BCUT2D eigenvalue weighted by Crippen LogP contribution is 2.06. The summed E-state index contributed by atoms with van der Waals surface area (Å²) in [5.74, 6) is 0.0212. The number of carbonyl (C=O) groups excluding carboxylic acids is 1. The van der Waals surface area contributed by atoms with E-state index in [0.29, 0.717) is 6.67 Å². The van der Waals surface area contributed by atoms with Crippen LogP contribution in [0.3, 0.4) is 0 Å². The van der Waals surface area contributed by atoms with Crippen molar-refractivity contribution < 1.29 is 9.28 Å². The van der Waals surface area contributed by atoms with Gasteiger partial charge in [0, 0.05) is 5.56 Å². The molecule has 0 aliphatic rings. The Bertz CT molecular complexity index is 372. The van der Waals surface area contributed by atoms with Crippen molar-refractivity contribution in [3.05, 3.63) is 35.4 Å². The molecular weight excluding hydrogens is 224 g/mol. The Hall–Kier alpha value is -1.35. The van der Waals surface area contributed by atoms with Crippen LogP contribution in [0, 0.1) is 6.92 Å². The summed E-state index contributed by atoms with van der Waals surface area (Å²) in [4.78, 5) is 12.0. The second kappa shape index (κ2) is 6.55. The van der Waals surface area contributed by atoms with Crippen LogP contribution in [0.1, 0.15) is 36.7 Å². The van der Waals surface area contributed by atoms with Gasteiger partial charge >= 0.3 is 0 Å². The normalized spacial score (nSPS) is 11.3. The van der Waals surface area contributed by atoms with Gasteiger partial charge in [-0.2, -0.15) is 0 Å². The van der Waals surface area contributed by atoms with Gasteiger partial charge < -0.3 is 9.80 Å². The summed E-state index contributed by atoms with van der Waals surface area (Å²) in [6, 6.07) is 7.69. The number of carbonyl (C=O) groups is 1. The Morgan fingerprint density at radius 3 is 2.00 bits per heavy atom. The second-order valence-electron chi connectivity index (χ2n) is 4.82. The predicted octanol–water partition coefficient (Wildman–Crippen LogP) is 2.56. The lowest BCUT2D eigenvalue weighted by Crippen LogP contribution is -2.54. The number of hydrogen-bond donors (Lipinski definition) is 1. The van der Waals surface area contributed by atoms with Crippen LogP contribution >= 0.6 is 0 Å². The largest absolute Gasteiger partial charge is 0.307 e. The van der Waals surface area contributed by atoms with Crippen LogP contribution < -0.4 is 5.32 Å². The van der Waals surface area contributed by atoms with Gasteiger partial charge in [-0.15, -0.1) is 0 Å². The molecule has 1 amide bonds. The topological polar surface area (TPSA) is 29.1 Å². The van der Waals surface area contributed by atoms with Gasteiger partial charge in [0.2, 0.25) is 0 Å². The maximum absolute atomic E-state index is 12.0. The molecule has 0 radical (unpaired) electrons. The van der Waals surface area contributed by atoms with E-state index in [0.717, 1.165) is 29.7 Å². The quantitative estimate of drug-likeness (QED) is 0.609. The third kappa shape index (κ3) is 3.57. The third-order valence-electron chi connectivity index (χ3n) is 3.90. The molecule has 0 spiro atoms. The van der Waals surface area contributed by atoms with Gasteiger partial charge in [-0.1, -0.05) is 17.7 Å². The van der Waals surface area contributed by atoms with Gasteiger partial charge in [-0.25, -0.2) is 0 Å². The SMILES string of the molecule is CC[N+](CC)(CC)CNC(=O)c1ccc(C)cc1. The number of nitrogens with zero attached hydrogens (tertiary/aromatic N) is 1. The highest BCUT2D eigenvalue weighted by Gasteiger charge is 2.21. The van der Waals surface area contributed by atoms with Crippen molar-refractivity contribution >= 4 is 5.91 Å². The number of amides is 1. The fourth-order valence-electron chi connectivity index (χ4n) is 2.05. The molecule has 18 heavy (non-hydrogen) atoms. The van der Waals surface area contributed by atoms with E-state index in [1.807, 2.05) is 31.2 Å². The maximum atomic E-state index is 12.0. The van der Waals surface area contributed by atoms with Crippen molar-refractivity contribution in [2.75, 3.05) is 26.3 Å². The summed E-state index contributed by atoms with van der Waals surface area (Å²) in [6.07, 6.45) is 0. The molecule has 0 aliphatic heterocycles. The molecule has 0 saturated carbocycles. The lowest BCUT2D eigenvalue weighted by Gasteiger charge is -2.35. The monoisotopic (exact) mass is 249 g/mol. The molecule has 0 bridgehead atoms. The first-order chi connectivity index (χ1) is 8.56. The number of aryl methyl sites for hydroxylation is 1. The van der Waals surface area contributed by atoms with Crippen LogP contribution in [0.25, 0.3) is 0 Å². The zero-order valence-corrected chi connectivity index (χ0v) is 12.0. The molecule has 0 aromatic heterocycles. The van der Waals surface area contributed by atoms with Crippen LogP contribution in [-0.4, -0.2) is 36.7 Å². The summed E-state index contributed by atoms with van der Waals surface area (Å²) >= 11 is 0. The van der Waals surface area contributed by atoms with Crippen LogP contribution in [0.15, 0.2) is 24.3 Å². The number of benzene rings is 1. The number of quaternary nitrogens is 1. The molecule has 1 N–H and O–H groups in total. The highest BCUT2D eigenvalue weighted by molar-refractivity contribution is 5.94. The van der Waals surface area contributed by atoms with Gasteiger partial charge in [0.25, 0.3) is 5.91 Å². The Morgan fingerprint density at radius 2 is 1.56 bits per heavy atom. The third-order valence-corrected chi connectivity index (χ3v) is 3.90. The van der Waals surface area contributed by atoms with E-state index in [-0.39, 0.29) is 5.91 Å². The van der Waals surface area contributed by atoms with Gasteiger partial charge in [0.1, 0.15) is 0 Å². The lowest BCUT2D eigenvalue weighted by molar-refractivity contribution is -0.924. The number of rotatable bonds is 6. The average Bonchev–Trinajstić information content (AvgIpc) is 2.41. The predicted molar refractivity (Wildman–Crippen MR) is 75.4 cm³/mol. The van der Waals surface area contributed by atoms with Crippen LogP contribution in [-0.2, 0) is 0 Å². The van der Waals surface area contributed by atoms with Gasteiger partial charge in [0.05, 0.1) is 19.6 Å². The number of hydrogen-bond acceptors (Lipinski definition) is 1. The first-order valence-electron chi connectivity index (χ1n) is 6.77. The van der Waals surface area contributed by atoms with E-state index >= 15 is 0 Å². The lowest BCUT2D eigenvalue weighted by atomic mass is 10.1. The molecule has 0 aliphatic carbocycles. The first-order valence-corrected chi connectivity index (χ1v) is 6.77. The minimum absolute atomic E-state index is 0.0212. The van der Waals surface area contributed by atoms with E-state index in [1.165, 1.54) is 5.56 Å². The van der Waals surface area contributed by atoms with Crippen molar-refractivity contribution in [3.63, 3.8) is 0 Å². The minimum atomic E-state index is 0.0212. The fourth-order valence-corrected chi connectivity index (χ4v) is 2.05. The van der Waals surface area contributed by atoms with Gasteiger partial charge in [-0.05, 0) is 39.8 Å². The Morgan fingerprint density at radius 1 is 1.06 bits per heavy atom. The van der Waals surface area contributed by atoms with E-state index in [4.69, 9.17) is 0 Å². The molecule has 0 saturated heterocycles. The summed E-state index contributed by atoms with van der Waals surface area (Å²) in [7, 11) is 0. The van der Waals surface area contributed by atoms with Crippen molar-refractivity contribution in [1.82, 2.24) is 5.32 Å². The van der Waals surface area contributed by atoms with Crippen molar-refractivity contribution in [1.29, 1.82) is 0 Å². The molecular formula is C15H25N2O+. The highest BCUT2D eigenvalue weighted by atomic mass is 16.1. The van der Waals surface area contributed by atoms with Crippen molar-refractivity contribution in [3.8, 4) is 0 Å². The summed E-state index contributed by atoms with van der Waals surface area (Å²) in [5.41, 5.74) is 1.91. The molecule has 1 aromatic rings. The Kier molecular flexibility index (Phi) is 5.35. The van der Waals surface area contributed by atoms with Crippen LogP contribution in [0.2, 0.25) is 0 Å². The molecule has 0 unspecified atom stereocenters. The van der Waals surface area contributed by atoms with Crippen molar-refractivity contribution in [2.45, 2.75) is 27.7 Å².